The highest BCUT2D eigenvalue weighted by molar-refractivity contribution is 7.80. The largest absolute Gasteiger partial charge is 0.393 e. The Morgan fingerprint density at radius 3 is 2.53 bits per heavy atom. The lowest BCUT2D eigenvalue weighted by Crippen LogP contribution is -2.43. The van der Waals surface area contributed by atoms with Gasteiger partial charge >= 0.3 is 0 Å². The number of hydrogen-bond acceptors (Lipinski definition) is 2. The van der Waals surface area contributed by atoms with Crippen LogP contribution in [0.15, 0.2) is 0 Å². The summed E-state index contributed by atoms with van der Waals surface area (Å²) in [5.74, 6) is 0.802. The van der Waals surface area contributed by atoms with Crippen LogP contribution in [0.2, 0.25) is 0 Å². The SMILES string of the molecule is CCCCC(C)C(=O)N1CCC(C(N)=S)CC1. The number of carbonyl (C=O) groups is 1. The lowest BCUT2D eigenvalue weighted by molar-refractivity contribution is -0.136. The highest BCUT2D eigenvalue weighted by atomic mass is 32.1. The number of carbonyl (C=O) groups excluding carboxylic acids is 1. The van der Waals surface area contributed by atoms with Crippen LogP contribution in [0.4, 0.5) is 0 Å². The van der Waals surface area contributed by atoms with Crippen LogP contribution in [0.25, 0.3) is 0 Å². The Hall–Kier alpha value is -0.640. The Labute approximate surface area is 110 Å². The molecule has 1 rings (SSSR count). The van der Waals surface area contributed by atoms with E-state index >= 15 is 0 Å². The normalized spacial score (nSPS) is 19.1. The molecule has 0 saturated carbocycles. The molecule has 0 aromatic carbocycles. The van der Waals surface area contributed by atoms with Gasteiger partial charge < -0.3 is 10.6 Å². The number of rotatable bonds is 5. The first kappa shape index (κ1) is 14.4. The lowest BCUT2D eigenvalue weighted by Gasteiger charge is -2.33. The zero-order valence-electron chi connectivity index (χ0n) is 10.9. The molecule has 1 aliphatic rings. The van der Waals surface area contributed by atoms with Crippen molar-refractivity contribution in [1.82, 2.24) is 4.90 Å². The quantitative estimate of drug-likeness (QED) is 0.768. The van der Waals surface area contributed by atoms with Crippen molar-refractivity contribution in [2.75, 3.05) is 13.1 Å². The van der Waals surface area contributed by atoms with E-state index < -0.39 is 0 Å². The number of hydrogen-bond donors (Lipinski definition) is 1. The summed E-state index contributed by atoms with van der Waals surface area (Å²) < 4.78 is 0. The molecule has 17 heavy (non-hydrogen) atoms. The average Bonchev–Trinajstić information content (AvgIpc) is 2.35. The van der Waals surface area contributed by atoms with Gasteiger partial charge in [-0.25, -0.2) is 0 Å². The molecule has 0 aromatic heterocycles. The minimum atomic E-state index is 0.163. The molecule has 1 unspecified atom stereocenters. The predicted molar refractivity (Wildman–Crippen MR) is 74.8 cm³/mol. The van der Waals surface area contributed by atoms with Crippen molar-refractivity contribution in [3.8, 4) is 0 Å². The molecule has 98 valence electrons. The predicted octanol–water partition coefficient (Wildman–Crippen LogP) is 2.34. The summed E-state index contributed by atoms with van der Waals surface area (Å²) in [7, 11) is 0. The van der Waals surface area contributed by atoms with Crippen molar-refractivity contribution in [2.45, 2.75) is 46.0 Å². The topological polar surface area (TPSA) is 46.3 Å². The Morgan fingerprint density at radius 2 is 2.06 bits per heavy atom. The van der Waals surface area contributed by atoms with Gasteiger partial charge in [-0.2, -0.15) is 0 Å². The summed E-state index contributed by atoms with van der Waals surface area (Å²) >= 11 is 5.00. The summed E-state index contributed by atoms with van der Waals surface area (Å²) in [6.45, 7) is 5.83. The van der Waals surface area contributed by atoms with Gasteiger partial charge in [0.25, 0.3) is 0 Å². The van der Waals surface area contributed by atoms with Crippen LogP contribution in [0.1, 0.15) is 46.0 Å². The molecule has 0 aliphatic carbocycles. The standard InChI is InChI=1S/C13H24N2OS/c1-3-4-5-10(2)13(16)15-8-6-11(7-9-15)12(14)17/h10-11H,3-9H2,1-2H3,(H2,14,17). The Balaban J connectivity index is 2.37. The molecule has 1 atom stereocenters. The van der Waals surface area contributed by atoms with Crippen LogP contribution in [0.5, 0.6) is 0 Å². The third-order valence-electron chi connectivity index (χ3n) is 3.62. The van der Waals surface area contributed by atoms with Crippen molar-refractivity contribution in [1.29, 1.82) is 0 Å². The first-order valence-corrected chi connectivity index (χ1v) is 7.05. The Bertz CT molecular complexity index is 273. The summed E-state index contributed by atoms with van der Waals surface area (Å²) in [6.07, 6.45) is 5.16. The molecular formula is C13H24N2OS. The van der Waals surface area contributed by atoms with E-state index in [1.54, 1.807) is 0 Å². The second kappa shape index (κ2) is 6.94. The van der Waals surface area contributed by atoms with E-state index in [4.69, 9.17) is 18.0 Å². The molecule has 0 radical (unpaired) electrons. The third-order valence-corrected chi connectivity index (χ3v) is 3.95. The maximum absolute atomic E-state index is 12.1. The van der Waals surface area contributed by atoms with Gasteiger partial charge in [-0.15, -0.1) is 0 Å². The molecule has 0 spiro atoms. The fourth-order valence-corrected chi connectivity index (χ4v) is 2.57. The second-order valence-electron chi connectivity index (χ2n) is 5.05. The molecule has 1 amide bonds. The van der Waals surface area contributed by atoms with E-state index in [9.17, 15) is 4.79 Å². The maximum atomic E-state index is 12.1. The van der Waals surface area contributed by atoms with Gasteiger partial charge in [0.2, 0.25) is 5.91 Å². The zero-order valence-corrected chi connectivity index (χ0v) is 11.8. The van der Waals surface area contributed by atoms with E-state index in [-0.39, 0.29) is 5.92 Å². The summed E-state index contributed by atoms with van der Waals surface area (Å²) in [6, 6.07) is 0. The van der Waals surface area contributed by atoms with Crippen molar-refractivity contribution in [2.24, 2.45) is 17.6 Å². The molecule has 1 heterocycles. The first-order chi connectivity index (χ1) is 8.06. The van der Waals surface area contributed by atoms with Crippen LogP contribution in [-0.2, 0) is 4.79 Å². The fraction of sp³-hybridized carbons (Fsp3) is 0.846. The first-order valence-electron chi connectivity index (χ1n) is 6.64. The van der Waals surface area contributed by atoms with Crippen LogP contribution < -0.4 is 5.73 Å². The van der Waals surface area contributed by atoms with Crippen LogP contribution in [0.3, 0.4) is 0 Å². The van der Waals surface area contributed by atoms with Crippen LogP contribution >= 0.6 is 12.2 Å². The van der Waals surface area contributed by atoms with Gasteiger partial charge in [-0.3, -0.25) is 4.79 Å². The van der Waals surface area contributed by atoms with Crippen molar-refractivity contribution in [3.05, 3.63) is 0 Å². The molecule has 4 heteroatoms. The number of piperidine rings is 1. The van der Waals surface area contributed by atoms with Crippen LogP contribution in [0, 0.1) is 11.8 Å². The number of unbranched alkanes of at least 4 members (excludes halogenated alkanes) is 1. The Morgan fingerprint density at radius 1 is 1.47 bits per heavy atom. The highest BCUT2D eigenvalue weighted by Crippen LogP contribution is 2.20. The smallest absolute Gasteiger partial charge is 0.225 e. The van der Waals surface area contributed by atoms with E-state index in [1.807, 2.05) is 11.8 Å². The van der Waals surface area contributed by atoms with Gasteiger partial charge in [0.05, 0.1) is 4.99 Å². The fourth-order valence-electron chi connectivity index (χ4n) is 2.33. The molecule has 0 bridgehead atoms. The number of likely N-dealkylation sites (tertiary alicyclic amines) is 1. The molecular weight excluding hydrogens is 232 g/mol. The van der Waals surface area contributed by atoms with Gasteiger partial charge in [0.15, 0.2) is 0 Å². The van der Waals surface area contributed by atoms with Crippen molar-refractivity contribution < 1.29 is 4.79 Å². The lowest BCUT2D eigenvalue weighted by atomic mass is 9.95. The van der Waals surface area contributed by atoms with E-state index in [0.717, 1.165) is 45.2 Å². The maximum Gasteiger partial charge on any atom is 0.225 e. The van der Waals surface area contributed by atoms with Crippen molar-refractivity contribution in [3.63, 3.8) is 0 Å². The molecule has 2 N–H and O–H groups in total. The summed E-state index contributed by atoms with van der Waals surface area (Å²) in [5, 5.41) is 0. The molecule has 0 aromatic rings. The zero-order chi connectivity index (χ0) is 12.8. The molecule has 3 nitrogen and oxygen atoms in total. The van der Waals surface area contributed by atoms with Gasteiger partial charge in [-0.05, 0) is 19.3 Å². The third kappa shape index (κ3) is 4.26. The van der Waals surface area contributed by atoms with E-state index in [0.29, 0.717) is 16.8 Å². The average molecular weight is 256 g/mol. The molecule has 1 saturated heterocycles. The number of nitrogens with zero attached hydrogens (tertiary/aromatic N) is 1. The number of amides is 1. The van der Waals surface area contributed by atoms with Crippen molar-refractivity contribution >= 4 is 23.1 Å². The van der Waals surface area contributed by atoms with Crippen LogP contribution in [-0.4, -0.2) is 28.9 Å². The minimum Gasteiger partial charge on any atom is -0.393 e. The van der Waals surface area contributed by atoms with Gasteiger partial charge in [0, 0.05) is 24.9 Å². The van der Waals surface area contributed by atoms with Gasteiger partial charge in [0.1, 0.15) is 0 Å². The molecule has 1 aliphatic heterocycles. The highest BCUT2D eigenvalue weighted by Gasteiger charge is 2.26. The second-order valence-corrected chi connectivity index (χ2v) is 5.52. The Kier molecular flexibility index (Phi) is 5.89. The summed E-state index contributed by atoms with van der Waals surface area (Å²) in [5.41, 5.74) is 5.64. The molecule has 1 fully saturated rings. The monoisotopic (exact) mass is 256 g/mol. The summed E-state index contributed by atoms with van der Waals surface area (Å²) in [4.78, 5) is 14.7. The number of nitrogens with two attached hydrogens (primary N) is 1. The van der Waals surface area contributed by atoms with E-state index in [2.05, 4.69) is 6.92 Å². The minimum absolute atomic E-state index is 0.163. The van der Waals surface area contributed by atoms with E-state index in [1.165, 1.54) is 0 Å². The number of thiocarbonyl (C=S) groups is 1. The van der Waals surface area contributed by atoms with Gasteiger partial charge in [-0.1, -0.05) is 38.9 Å².